The smallest absolute Gasteiger partial charge is 0.281 e. The molecule has 1 aromatic heterocycles. The monoisotopic (exact) mass is 332 g/mol. The fourth-order valence-electron chi connectivity index (χ4n) is 1.76. The number of alkyl halides is 3. The minimum Gasteiger partial charge on any atom is -0.281 e. The van der Waals surface area contributed by atoms with Crippen LogP contribution in [0.5, 0.6) is 0 Å². The Labute approximate surface area is 117 Å². The molecular weight excluding hydrogens is 321 g/mol. The Hall–Kier alpha value is -1.30. The number of nitrogens with one attached hydrogen (secondary N) is 1. The molecule has 0 saturated carbocycles. The van der Waals surface area contributed by atoms with E-state index in [2.05, 4.69) is 26.1 Å². The summed E-state index contributed by atoms with van der Waals surface area (Å²) >= 11 is 3.39. The van der Waals surface area contributed by atoms with Gasteiger partial charge in [0.25, 0.3) is 0 Å². The van der Waals surface area contributed by atoms with Crippen LogP contribution < -0.4 is 0 Å². The number of rotatable bonds is 2. The fraction of sp³-hybridized carbons (Fsp3) is 0.308. The molecule has 0 aliphatic carbocycles. The summed E-state index contributed by atoms with van der Waals surface area (Å²) in [5, 5.41) is 6.94. The lowest BCUT2D eigenvalue weighted by atomic mass is 10.1. The average Bonchev–Trinajstić information content (AvgIpc) is 2.70. The van der Waals surface area contributed by atoms with Crippen LogP contribution in [0.4, 0.5) is 13.2 Å². The van der Waals surface area contributed by atoms with E-state index in [1.165, 1.54) is 6.07 Å². The summed E-state index contributed by atoms with van der Waals surface area (Å²) in [6, 6.07) is 5.15. The van der Waals surface area contributed by atoms with Crippen molar-refractivity contribution in [2.24, 2.45) is 0 Å². The maximum atomic E-state index is 12.7. The molecule has 0 bridgehead atoms. The molecule has 2 nitrogen and oxygen atoms in total. The first-order valence-corrected chi connectivity index (χ1v) is 6.51. The predicted molar refractivity (Wildman–Crippen MR) is 70.8 cm³/mol. The number of halogens is 4. The molecule has 1 aromatic carbocycles. The molecule has 0 spiro atoms. The summed E-state index contributed by atoms with van der Waals surface area (Å²) < 4.78 is 38.7. The topological polar surface area (TPSA) is 28.7 Å². The van der Waals surface area contributed by atoms with Gasteiger partial charge >= 0.3 is 6.18 Å². The van der Waals surface area contributed by atoms with Gasteiger partial charge < -0.3 is 0 Å². The van der Waals surface area contributed by atoms with Crippen molar-refractivity contribution in [3.05, 3.63) is 40.0 Å². The van der Waals surface area contributed by atoms with Crippen LogP contribution in [0.15, 0.2) is 28.7 Å². The molecule has 0 atom stereocenters. The highest BCUT2D eigenvalue weighted by molar-refractivity contribution is 9.10. The van der Waals surface area contributed by atoms with Gasteiger partial charge in [-0.2, -0.15) is 18.3 Å². The van der Waals surface area contributed by atoms with Crippen LogP contribution >= 0.6 is 15.9 Å². The summed E-state index contributed by atoms with van der Waals surface area (Å²) in [5.74, 6) is 0.210. The first-order valence-electron chi connectivity index (χ1n) is 5.72. The average molecular weight is 333 g/mol. The van der Waals surface area contributed by atoms with Crippen molar-refractivity contribution in [2.45, 2.75) is 25.9 Å². The van der Waals surface area contributed by atoms with Gasteiger partial charge in [0.15, 0.2) is 0 Å². The first-order chi connectivity index (χ1) is 8.80. The van der Waals surface area contributed by atoms with Crippen molar-refractivity contribution in [1.29, 1.82) is 0 Å². The van der Waals surface area contributed by atoms with Crippen LogP contribution in [-0.2, 0) is 6.18 Å². The third-order valence-electron chi connectivity index (χ3n) is 2.77. The van der Waals surface area contributed by atoms with Crippen molar-refractivity contribution in [1.82, 2.24) is 10.2 Å². The highest BCUT2D eigenvalue weighted by Crippen LogP contribution is 2.35. The second kappa shape index (κ2) is 5.00. The van der Waals surface area contributed by atoms with Crippen LogP contribution in [0.2, 0.25) is 0 Å². The molecule has 0 fully saturated rings. The Morgan fingerprint density at radius 1 is 1.26 bits per heavy atom. The molecule has 19 heavy (non-hydrogen) atoms. The fourth-order valence-corrected chi connectivity index (χ4v) is 2.62. The van der Waals surface area contributed by atoms with E-state index in [0.29, 0.717) is 15.7 Å². The Kier molecular flexibility index (Phi) is 3.71. The normalized spacial score (nSPS) is 12.2. The maximum absolute atomic E-state index is 12.7. The molecule has 1 heterocycles. The first kappa shape index (κ1) is 14.1. The van der Waals surface area contributed by atoms with Gasteiger partial charge in [-0.05, 0) is 34.0 Å². The molecule has 0 saturated heterocycles. The summed E-state index contributed by atoms with van der Waals surface area (Å²) in [4.78, 5) is 0. The van der Waals surface area contributed by atoms with E-state index in [-0.39, 0.29) is 5.92 Å². The Morgan fingerprint density at radius 3 is 2.47 bits per heavy atom. The van der Waals surface area contributed by atoms with E-state index in [1.807, 2.05) is 13.8 Å². The van der Waals surface area contributed by atoms with Gasteiger partial charge in [-0.3, -0.25) is 5.10 Å². The summed E-state index contributed by atoms with van der Waals surface area (Å²) in [5.41, 5.74) is 1.12. The largest absolute Gasteiger partial charge is 0.416 e. The third kappa shape index (κ3) is 2.83. The lowest BCUT2D eigenvalue weighted by Crippen LogP contribution is -2.04. The van der Waals surface area contributed by atoms with E-state index in [1.54, 1.807) is 6.07 Å². The molecular formula is C13H12BrF3N2. The second-order valence-corrected chi connectivity index (χ2v) is 5.33. The molecule has 0 aliphatic rings. The maximum Gasteiger partial charge on any atom is 0.416 e. The quantitative estimate of drug-likeness (QED) is 0.825. The SMILES string of the molecule is CC(C)c1[nH]nc(-c2cccc(C(F)(F)F)c2)c1Br. The van der Waals surface area contributed by atoms with Crippen LogP contribution in [0.25, 0.3) is 11.3 Å². The van der Waals surface area contributed by atoms with Gasteiger partial charge in [0.05, 0.1) is 15.7 Å². The van der Waals surface area contributed by atoms with Gasteiger partial charge in [0, 0.05) is 5.56 Å². The van der Waals surface area contributed by atoms with Gasteiger partial charge in [-0.1, -0.05) is 26.0 Å². The summed E-state index contributed by atoms with van der Waals surface area (Å²) in [6.45, 7) is 3.96. The van der Waals surface area contributed by atoms with E-state index in [0.717, 1.165) is 17.8 Å². The Bertz CT molecular complexity index is 588. The lowest BCUT2D eigenvalue weighted by molar-refractivity contribution is -0.137. The number of aromatic nitrogens is 2. The van der Waals surface area contributed by atoms with Crippen LogP contribution in [0.1, 0.15) is 31.0 Å². The van der Waals surface area contributed by atoms with E-state index >= 15 is 0 Å². The van der Waals surface area contributed by atoms with E-state index < -0.39 is 11.7 Å². The molecule has 6 heteroatoms. The summed E-state index contributed by atoms with van der Waals surface area (Å²) in [7, 11) is 0. The minimum absolute atomic E-state index is 0.210. The van der Waals surface area contributed by atoms with Crippen molar-refractivity contribution in [3.8, 4) is 11.3 Å². The number of H-pyrrole nitrogens is 1. The van der Waals surface area contributed by atoms with Crippen LogP contribution in [0, 0.1) is 0 Å². The van der Waals surface area contributed by atoms with Crippen molar-refractivity contribution >= 4 is 15.9 Å². The molecule has 0 amide bonds. The molecule has 2 aromatic rings. The van der Waals surface area contributed by atoms with Crippen molar-refractivity contribution < 1.29 is 13.2 Å². The van der Waals surface area contributed by atoms with Crippen molar-refractivity contribution in [3.63, 3.8) is 0 Å². The molecule has 0 unspecified atom stereocenters. The van der Waals surface area contributed by atoms with Gasteiger partial charge in [0.2, 0.25) is 0 Å². The highest BCUT2D eigenvalue weighted by Gasteiger charge is 2.30. The van der Waals surface area contributed by atoms with Gasteiger partial charge in [0.1, 0.15) is 5.69 Å². The summed E-state index contributed by atoms with van der Waals surface area (Å²) in [6.07, 6.45) is -4.35. The number of hydrogen-bond acceptors (Lipinski definition) is 1. The zero-order valence-corrected chi connectivity index (χ0v) is 11.9. The number of hydrogen-bond donors (Lipinski definition) is 1. The number of benzene rings is 1. The standard InChI is InChI=1S/C13H12BrF3N2/c1-7(2)11-10(14)12(19-18-11)8-4-3-5-9(6-8)13(15,16)17/h3-7H,1-2H3,(H,18,19). The van der Waals surface area contributed by atoms with Crippen molar-refractivity contribution in [2.75, 3.05) is 0 Å². The number of aromatic amines is 1. The molecule has 102 valence electrons. The van der Waals surface area contributed by atoms with Gasteiger partial charge in [-0.15, -0.1) is 0 Å². The van der Waals surface area contributed by atoms with E-state index in [9.17, 15) is 13.2 Å². The second-order valence-electron chi connectivity index (χ2n) is 4.53. The highest BCUT2D eigenvalue weighted by atomic mass is 79.9. The predicted octanol–water partition coefficient (Wildman–Crippen LogP) is 4.98. The van der Waals surface area contributed by atoms with Gasteiger partial charge in [-0.25, -0.2) is 0 Å². The third-order valence-corrected chi connectivity index (χ3v) is 3.58. The van der Waals surface area contributed by atoms with Crippen LogP contribution in [0.3, 0.4) is 0 Å². The Morgan fingerprint density at radius 2 is 1.95 bits per heavy atom. The molecule has 2 rings (SSSR count). The molecule has 0 radical (unpaired) electrons. The zero-order chi connectivity index (χ0) is 14.2. The van der Waals surface area contributed by atoms with Crippen LogP contribution in [-0.4, -0.2) is 10.2 Å². The molecule has 1 N–H and O–H groups in total. The number of nitrogens with zero attached hydrogens (tertiary/aromatic N) is 1. The lowest BCUT2D eigenvalue weighted by Gasteiger charge is -2.08. The minimum atomic E-state index is -4.35. The molecule has 0 aliphatic heterocycles. The van der Waals surface area contributed by atoms with E-state index in [4.69, 9.17) is 0 Å². The zero-order valence-electron chi connectivity index (χ0n) is 10.3. The Balaban J connectivity index is 2.48.